The van der Waals surface area contributed by atoms with Crippen LogP contribution in [0.4, 0.5) is 0 Å². The number of rotatable bonds is 6. The van der Waals surface area contributed by atoms with Crippen LogP contribution in [-0.2, 0) is 19.6 Å². The van der Waals surface area contributed by atoms with E-state index < -0.39 is 10.0 Å². The molecule has 2 aliphatic heterocycles. The van der Waals surface area contributed by atoms with Crippen molar-refractivity contribution in [2.75, 3.05) is 32.8 Å². The Morgan fingerprint density at radius 1 is 1.07 bits per heavy atom. The minimum Gasteiger partial charge on any atom is -0.494 e. The third-order valence-electron chi connectivity index (χ3n) is 5.71. The molecular weight excluding hydrogens is 394 g/mol. The summed E-state index contributed by atoms with van der Waals surface area (Å²) in [5, 5.41) is 0. The minimum atomic E-state index is -3.67. The summed E-state index contributed by atoms with van der Waals surface area (Å²) in [5.41, 5.74) is 5.36. The molecule has 0 aromatic heterocycles. The SMILES string of the molecule is CCOc1ccc(S(=O)(=O)N2CCC[C@@H](C(=O)N3CCC(C(N)=O)CC3)C2)cc1. The first-order valence-electron chi connectivity index (χ1n) is 10.1. The van der Waals surface area contributed by atoms with Crippen LogP contribution in [0.1, 0.15) is 32.6 Å². The van der Waals surface area contributed by atoms with Crippen molar-refractivity contribution in [3.8, 4) is 5.75 Å². The van der Waals surface area contributed by atoms with E-state index in [9.17, 15) is 18.0 Å². The van der Waals surface area contributed by atoms with Gasteiger partial charge in [0, 0.05) is 32.1 Å². The van der Waals surface area contributed by atoms with Gasteiger partial charge in [0.15, 0.2) is 0 Å². The van der Waals surface area contributed by atoms with E-state index in [2.05, 4.69) is 0 Å². The molecule has 0 aliphatic carbocycles. The Labute approximate surface area is 172 Å². The molecular formula is C20H29N3O5S. The van der Waals surface area contributed by atoms with E-state index in [0.717, 1.165) is 0 Å². The lowest BCUT2D eigenvalue weighted by molar-refractivity contribution is -0.139. The molecule has 8 nitrogen and oxygen atoms in total. The molecule has 3 rings (SSSR count). The van der Waals surface area contributed by atoms with Crippen molar-refractivity contribution in [1.29, 1.82) is 0 Å². The van der Waals surface area contributed by atoms with Crippen LogP contribution in [0.15, 0.2) is 29.2 Å². The van der Waals surface area contributed by atoms with Crippen LogP contribution in [0.3, 0.4) is 0 Å². The minimum absolute atomic E-state index is 0.0282. The molecule has 2 fully saturated rings. The molecule has 2 saturated heterocycles. The van der Waals surface area contributed by atoms with Crippen molar-refractivity contribution < 1.29 is 22.7 Å². The maximum atomic E-state index is 13.0. The third kappa shape index (κ3) is 4.90. The Morgan fingerprint density at radius 2 is 1.72 bits per heavy atom. The second-order valence-electron chi connectivity index (χ2n) is 7.61. The zero-order chi connectivity index (χ0) is 21.0. The summed E-state index contributed by atoms with van der Waals surface area (Å²) in [6.45, 7) is 3.96. The second-order valence-corrected chi connectivity index (χ2v) is 9.55. The summed E-state index contributed by atoms with van der Waals surface area (Å²) in [6.07, 6.45) is 2.46. The van der Waals surface area contributed by atoms with Gasteiger partial charge in [-0.1, -0.05) is 0 Å². The number of ether oxygens (including phenoxy) is 1. The quantitative estimate of drug-likeness (QED) is 0.739. The second kappa shape index (κ2) is 9.13. The fraction of sp³-hybridized carbons (Fsp3) is 0.600. The smallest absolute Gasteiger partial charge is 0.243 e. The van der Waals surface area contributed by atoms with Gasteiger partial charge in [-0.2, -0.15) is 4.31 Å². The number of primary amides is 1. The van der Waals surface area contributed by atoms with E-state index in [4.69, 9.17) is 10.5 Å². The highest BCUT2D eigenvalue weighted by atomic mass is 32.2. The van der Waals surface area contributed by atoms with Crippen molar-refractivity contribution in [1.82, 2.24) is 9.21 Å². The predicted molar refractivity (Wildman–Crippen MR) is 108 cm³/mol. The summed E-state index contributed by atoms with van der Waals surface area (Å²) in [5.74, 6) is -0.257. The molecule has 0 saturated carbocycles. The summed E-state index contributed by atoms with van der Waals surface area (Å²) >= 11 is 0. The molecule has 2 aliphatic rings. The van der Waals surface area contributed by atoms with E-state index in [1.165, 1.54) is 4.31 Å². The largest absolute Gasteiger partial charge is 0.494 e. The number of piperidine rings is 2. The number of nitrogens with zero attached hydrogens (tertiary/aromatic N) is 2. The topological polar surface area (TPSA) is 110 Å². The van der Waals surface area contributed by atoms with Gasteiger partial charge < -0.3 is 15.4 Å². The van der Waals surface area contributed by atoms with Gasteiger partial charge in [0.05, 0.1) is 17.4 Å². The Kier molecular flexibility index (Phi) is 6.79. The van der Waals surface area contributed by atoms with Crippen LogP contribution in [0.5, 0.6) is 5.75 Å². The van der Waals surface area contributed by atoms with Crippen LogP contribution in [0, 0.1) is 11.8 Å². The molecule has 160 valence electrons. The van der Waals surface area contributed by atoms with Crippen molar-refractivity contribution in [3.05, 3.63) is 24.3 Å². The number of likely N-dealkylation sites (tertiary alicyclic amines) is 1. The molecule has 9 heteroatoms. The van der Waals surface area contributed by atoms with Crippen LogP contribution < -0.4 is 10.5 Å². The van der Waals surface area contributed by atoms with Crippen LogP contribution in [-0.4, -0.2) is 62.2 Å². The Bertz CT molecular complexity index is 832. The normalized spacial score (nSPS) is 21.7. The van der Waals surface area contributed by atoms with Gasteiger partial charge in [-0.3, -0.25) is 9.59 Å². The van der Waals surface area contributed by atoms with Gasteiger partial charge in [0.1, 0.15) is 5.75 Å². The van der Waals surface area contributed by atoms with Crippen LogP contribution >= 0.6 is 0 Å². The molecule has 2 N–H and O–H groups in total. The molecule has 1 aromatic carbocycles. The molecule has 0 unspecified atom stereocenters. The summed E-state index contributed by atoms with van der Waals surface area (Å²) in [4.78, 5) is 26.2. The van der Waals surface area contributed by atoms with E-state index >= 15 is 0 Å². The van der Waals surface area contributed by atoms with Crippen molar-refractivity contribution in [2.24, 2.45) is 17.6 Å². The first-order chi connectivity index (χ1) is 13.8. The lowest BCUT2D eigenvalue weighted by Gasteiger charge is -2.37. The number of amides is 2. The van der Waals surface area contributed by atoms with Crippen LogP contribution in [0.2, 0.25) is 0 Å². The highest BCUT2D eigenvalue weighted by Crippen LogP contribution is 2.27. The zero-order valence-corrected chi connectivity index (χ0v) is 17.6. The average Bonchev–Trinajstić information content (AvgIpc) is 2.74. The first kappa shape index (κ1) is 21.6. The molecule has 0 bridgehead atoms. The highest BCUT2D eigenvalue weighted by Gasteiger charge is 2.36. The van der Waals surface area contributed by atoms with Crippen molar-refractivity contribution >= 4 is 21.8 Å². The van der Waals surface area contributed by atoms with E-state index in [1.54, 1.807) is 29.2 Å². The van der Waals surface area contributed by atoms with E-state index in [-0.39, 0.29) is 35.1 Å². The number of carbonyl (C=O) groups excluding carboxylic acids is 2. The molecule has 2 amide bonds. The molecule has 2 heterocycles. The van der Waals surface area contributed by atoms with Gasteiger partial charge in [0.25, 0.3) is 0 Å². The monoisotopic (exact) mass is 423 g/mol. The lowest BCUT2D eigenvalue weighted by atomic mass is 9.93. The Balaban J connectivity index is 1.65. The Hall–Kier alpha value is -2.13. The maximum absolute atomic E-state index is 13.0. The maximum Gasteiger partial charge on any atom is 0.243 e. The lowest BCUT2D eigenvalue weighted by Crippen LogP contribution is -2.49. The van der Waals surface area contributed by atoms with Crippen molar-refractivity contribution in [2.45, 2.75) is 37.5 Å². The fourth-order valence-corrected chi connectivity index (χ4v) is 5.55. The number of benzene rings is 1. The standard InChI is InChI=1S/C20H29N3O5S/c1-2-28-17-5-7-18(8-6-17)29(26,27)23-11-3-4-16(14-23)20(25)22-12-9-15(10-13-22)19(21)24/h5-8,15-16H,2-4,9-14H2,1H3,(H2,21,24)/t16-/m1/s1. The van der Waals surface area contributed by atoms with Gasteiger partial charge in [-0.15, -0.1) is 0 Å². The molecule has 0 spiro atoms. The number of hydrogen-bond acceptors (Lipinski definition) is 5. The molecule has 0 radical (unpaired) electrons. The average molecular weight is 424 g/mol. The number of sulfonamides is 1. The first-order valence-corrected chi connectivity index (χ1v) is 11.6. The Morgan fingerprint density at radius 3 is 2.31 bits per heavy atom. The van der Waals surface area contributed by atoms with Gasteiger partial charge in [-0.05, 0) is 56.9 Å². The van der Waals surface area contributed by atoms with Crippen molar-refractivity contribution in [3.63, 3.8) is 0 Å². The number of carbonyl (C=O) groups is 2. The van der Waals surface area contributed by atoms with E-state index in [0.29, 0.717) is 57.7 Å². The molecule has 1 aromatic rings. The predicted octanol–water partition coefficient (Wildman–Crippen LogP) is 1.21. The number of hydrogen-bond donors (Lipinski definition) is 1. The molecule has 1 atom stereocenters. The summed E-state index contributed by atoms with van der Waals surface area (Å²) in [7, 11) is -3.67. The zero-order valence-electron chi connectivity index (χ0n) is 16.7. The third-order valence-corrected chi connectivity index (χ3v) is 7.59. The van der Waals surface area contributed by atoms with Gasteiger partial charge >= 0.3 is 0 Å². The number of nitrogens with two attached hydrogens (primary N) is 1. The van der Waals surface area contributed by atoms with Gasteiger partial charge in [0.2, 0.25) is 21.8 Å². The summed E-state index contributed by atoms with van der Waals surface area (Å²) in [6, 6.07) is 6.37. The van der Waals surface area contributed by atoms with Crippen LogP contribution in [0.25, 0.3) is 0 Å². The van der Waals surface area contributed by atoms with E-state index in [1.807, 2.05) is 6.92 Å². The molecule has 29 heavy (non-hydrogen) atoms. The summed E-state index contributed by atoms with van der Waals surface area (Å²) < 4.78 is 32.8. The fourth-order valence-electron chi connectivity index (χ4n) is 4.03. The highest BCUT2D eigenvalue weighted by molar-refractivity contribution is 7.89. The van der Waals surface area contributed by atoms with Gasteiger partial charge in [-0.25, -0.2) is 8.42 Å².